The zero-order valence-electron chi connectivity index (χ0n) is 18.1. The average Bonchev–Trinajstić information content (AvgIpc) is 3.06. The third-order valence-corrected chi connectivity index (χ3v) is 6.39. The number of nitrogens with one attached hydrogen (secondary N) is 1. The molecule has 162 valence electrons. The van der Waals surface area contributed by atoms with Crippen molar-refractivity contribution in [1.82, 2.24) is 9.78 Å². The fourth-order valence-corrected chi connectivity index (χ4v) is 4.62. The largest absolute Gasteiger partial charge is 0.381 e. The summed E-state index contributed by atoms with van der Waals surface area (Å²) >= 11 is 0. The van der Waals surface area contributed by atoms with E-state index in [0.29, 0.717) is 18.9 Å². The number of primary amides is 1. The maximum absolute atomic E-state index is 15.8. The summed E-state index contributed by atoms with van der Waals surface area (Å²) < 4.78 is 23.0. The van der Waals surface area contributed by atoms with Gasteiger partial charge in [0.05, 0.1) is 16.9 Å². The fourth-order valence-electron chi connectivity index (χ4n) is 4.62. The lowest BCUT2D eigenvalue weighted by Crippen LogP contribution is -2.30. The maximum atomic E-state index is 15.8. The van der Waals surface area contributed by atoms with Crippen LogP contribution in [-0.2, 0) is 24.0 Å². The van der Waals surface area contributed by atoms with E-state index in [4.69, 9.17) is 15.6 Å². The molecule has 0 radical (unpaired) electrons. The summed E-state index contributed by atoms with van der Waals surface area (Å²) in [7, 11) is 0. The zero-order valence-corrected chi connectivity index (χ0v) is 18.1. The third kappa shape index (κ3) is 3.83. The molecule has 2 aromatic rings. The molecule has 1 aliphatic carbocycles. The summed E-state index contributed by atoms with van der Waals surface area (Å²) in [5, 5.41) is 8.01. The summed E-state index contributed by atoms with van der Waals surface area (Å²) in [5.41, 5.74) is 9.74. The average molecular weight is 415 g/mol. The van der Waals surface area contributed by atoms with E-state index in [9.17, 15) is 4.79 Å². The fraction of sp³-hybridized carbons (Fsp3) is 0.565. The number of benzene rings is 1. The van der Waals surface area contributed by atoms with Gasteiger partial charge < -0.3 is 15.8 Å². The maximum Gasteiger partial charge on any atom is 0.250 e. The molecular weight excluding hydrogens is 383 g/mol. The van der Waals surface area contributed by atoms with Crippen molar-refractivity contribution in [2.24, 2.45) is 11.1 Å². The Morgan fingerprint density at radius 1 is 1.37 bits per heavy atom. The Kier molecular flexibility index (Phi) is 5.57. The van der Waals surface area contributed by atoms with E-state index in [2.05, 4.69) is 26.1 Å². The summed E-state index contributed by atoms with van der Waals surface area (Å²) in [5.74, 6) is -1.12. The summed E-state index contributed by atoms with van der Waals surface area (Å²) in [4.78, 5) is 12.0. The first-order chi connectivity index (χ1) is 14.3. The molecule has 4 rings (SSSR count). The lowest BCUT2D eigenvalue weighted by molar-refractivity contribution is 0.0903. The van der Waals surface area contributed by atoms with Crippen LogP contribution < -0.4 is 11.1 Å². The van der Waals surface area contributed by atoms with Gasteiger partial charge in [-0.2, -0.15) is 5.10 Å². The third-order valence-electron chi connectivity index (χ3n) is 6.39. The van der Waals surface area contributed by atoms with Gasteiger partial charge in [0.15, 0.2) is 5.82 Å². The number of carbonyl (C=O) groups excluding carboxylic acids is 1. The highest BCUT2D eigenvalue weighted by Gasteiger charge is 2.32. The first-order valence-electron chi connectivity index (χ1n) is 10.9. The van der Waals surface area contributed by atoms with Gasteiger partial charge in [-0.1, -0.05) is 20.8 Å². The van der Waals surface area contributed by atoms with Gasteiger partial charge in [-0.05, 0) is 61.6 Å². The number of nitrogens with two attached hydrogens (primary N) is 1. The van der Waals surface area contributed by atoms with Gasteiger partial charge in [0.25, 0.3) is 5.91 Å². The molecule has 3 N–H and O–H groups in total. The van der Waals surface area contributed by atoms with Gasteiger partial charge in [-0.25, -0.2) is 9.07 Å². The van der Waals surface area contributed by atoms with Gasteiger partial charge in [-0.15, -0.1) is 0 Å². The van der Waals surface area contributed by atoms with Crippen molar-refractivity contribution in [3.05, 3.63) is 40.5 Å². The molecule has 0 spiro atoms. The van der Waals surface area contributed by atoms with E-state index in [-0.39, 0.29) is 22.7 Å². The van der Waals surface area contributed by atoms with Crippen molar-refractivity contribution in [1.29, 1.82) is 0 Å². The molecule has 1 aromatic carbocycles. The van der Waals surface area contributed by atoms with E-state index in [0.717, 1.165) is 49.9 Å². The molecule has 2 aliphatic rings. The predicted molar refractivity (Wildman–Crippen MR) is 115 cm³/mol. The standard InChI is InChI=1S/C23H31FN4O2/c1-4-17-15-7-10-23(2,3)13-19(15)28(27-17)18-6-5-16(22(25)29)21(20(18)24)26-14-8-11-30-12-9-14/h5-6,14,26H,4,7-13H2,1-3H3,(H2,25,29). The van der Waals surface area contributed by atoms with E-state index in [1.54, 1.807) is 16.8 Å². The summed E-state index contributed by atoms with van der Waals surface area (Å²) in [6, 6.07) is 3.27. The van der Waals surface area contributed by atoms with Gasteiger partial charge in [0.2, 0.25) is 0 Å². The molecule has 1 aromatic heterocycles. The van der Waals surface area contributed by atoms with Crippen LogP contribution in [0.2, 0.25) is 0 Å². The van der Waals surface area contributed by atoms with Crippen molar-refractivity contribution < 1.29 is 13.9 Å². The molecular formula is C23H31FN4O2. The number of amides is 1. The Morgan fingerprint density at radius 3 is 2.77 bits per heavy atom. The minimum absolute atomic E-state index is 0.0401. The van der Waals surface area contributed by atoms with E-state index in [1.807, 2.05) is 0 Å². The van der Waals surface area contributed by atoms with Gasteiger partial charge >= 0.3 is 0 Å². The van der Waals surface area contributed by atoms with Crippen molar-refractivity contribution >= 4 is 11.6 Å². The molecule has 0 unspecified atom stereocenters. The van der Waals surface area contributed by atoms with Crippen LogP contribution in [0.1, 0.15) is 67.3 Å². The van der Waals surface area contributed by atoms with E-state index >= 15 is 4.39 Å². The second-order valence-electron chi connectivity index (χ2n) is 9.19. The number of anilines is 1. The van der Waals surface area contributed by atoms with Crippen LogP contribution >= 0.6 is 0 Å². The van der Waals surface area contributed by atoms with Crippen LogP contribution in [0.5, 0.6) is 0 Å². The van der Waals surface area contributed by atoms with E-state index < -0.39 is 11.7 Å². The minimum atomic E-state index is -0.645. The molecule has 0 atom stereocenters. The molecule has 1 amide bonds. The summed E-state index contributed by atoms with van der Waals surface area (Å²) in [6.45, 7) is 7.80. The van der Waals surface area contributed by atoms with Crippen LogP contribution in [0.3, 0.4) is 0 Å². The Labute approximate surface area is 177 Å². The number of hydrogen-bond acceptors (Lipinski definition) is 4. The quantitative estimate of drug-likeness (QED) is 0.780. The Bertz CT molecular complexity index is 961. The Hall–Kier alpha value is -2.41. The number of fused-ring (bicyclic) bond motifs is 1. The SMILES string of the molecule is CCc1nn(-c2ccc(C(N)=O)c(NC3CCOCC3)c2F)c2c1CCC(C)(C)C2. The van der Waals surface area contributed by atoms with Crippen LogP contribution in [0.15, 0.2) is 12.1 Å². The smallest absolute Gasteiger partial charge is 0.250 e. The minimum Gasteiger partial charge on any atom is -0.381 e. The van der Waals surface area contributed by atoms with Crippen LogP contribution in [0.4, 0.5) is 10.1 Å². The molecule has 0 saturated carbocycles. The first-order valence-corrected chi connectivity index (χ1v) is 10.9. The van der Waals surface area contributed by atoms with Crippen LogP contribution in [0, 0.1) is 11.2 Å². The Balaban J connectivity index is 1.81. The van der Waals surface area contributed by atoms with Crippen molar-refractivity contribution in [2.45, 2.75) is 65.3 Å². The van der Waals surface area contributed by atoms with Crippen molar-refractivity contribution in [2.75, 3.05) is 18.5 Å². The molecule has 0 bridgehead atoms. The number of rotatable bonds is 5. The molecule has 30 heavy (non-hydrogen) atoms. The monoisotopic (exact) mass is 414 g/mol. The number of aromatic nitrogens is 2. The number of carbonyl (C=O) groups is 1. The lowest BCUT2D eigenvalue weighted by atomic mass is 9.76. The van der Waals surface area contributed by atoms with Crippen molar-refractivity contribution in [3.8, 4) is 5.69 Å². The molecule has 7 heteroatoms. The normalized spacial score (nSPS) is 18.8. The van der Waals surface area contributed by atoms with Gasteiger partial charge in [0, 0.05) is 24.9 Å². The number of ether oxygens (including phenoxy) is 1. The first kappa shape index (κ1) is 20.8. The number of hydrogen-bond donors (Lipinski definition) is 2. The van der Waals surface area contributed by atoms with Crippen LogP contribution in [0.25, 0.3) is 5.69 Å². The molecule has 6 nitrogen and oxygen atoms in total. The highest BCUT2D eigenvalue weighted by atomic mass is 19.1. The molecule has 1 fully saturated rings. The lowest BCUT2D eigenvalue weighted by Gasteiger charge is -2.30. The van der Waals surface area contributed by atoms with E-state index in [1.165, 1.54) is 5.56 Å². The Morgan fingerprint density at radius 2 is 2.10 bits per heavy atom. The van der Waals surface area contributed by atoms with Crippen molar-refractivity contribution in [3.63, 3.8) is 0 Å². The number of aryl methyl sites for hydroxylation is 1. The topological polar surface area (TPSA) is 82.2 Å². The highest BCUT2D eigenvalue weighted by molar-refractivity contribution is 5.99. The molecule has 2 heterocycles. The zero-order chi connectivity index (χ0) is 21.5. The predicted octanol–water partition coefficient (Wildman–Crippen LogP) is 3.78. The summed E-state index contributed by atoms with van der Waals surface area (Å²) in [6.07, 6.45) is 5.22. The van der Waals surface area contributed by atoms with Gasteiger partial charge in [-0.3, -0.25) is 4.79 Å². The number of nitrogens with zero attached hydrogens (tertiary/aromatic N) is 2. The highest BCUT2D eigenvalue weighted by Crippen LogP contribution is 2.38. The molecule has 1 saturated heterocycles. The number of halogens is 1. The molecule has 1 aliphatic heterocycles. The second-order valence-corrected chi connectivity index (χ2v) is 9.19. The van der Waals surface area contributed by atoms with Gasteiger partial charge in [0.1, 0.15) is 5.69 Å². The van der Waals surface area contributed by atoms with Crippen LogP contribution in [-0.4, -0.2) is 34.9 Å². The second kappa shape index (κ2) is 8.02.